The molecule has 0 spiro atoms. The monoisotopic (exact) mass is 309 g/mol. The lowest BCUT2D eigenvalue weighted by Crippen LogP contribution is -2.45. The summed E-state index contributed by atoms with van der Waals surface area (Å²) in [6, 6.07) is 3.52. The van der Waals surface area contributed by atoms with Crippen molar-refractivity contribution >= 4 is 5.91 Å². The molecule has 1 aliphatic heterocycles. The highest BCUT2D eigenvalue weighted by molar-refractivity contribution is 5.89. The summed E-state index contributed by atoms with van der Waals surface area (Å²) in [6.07, 6.45) is 3.74. The molecule has 1 saturated heterocycles. The van der Waals surface area contributed by atoms with Gasteiger partial charge in [0.05, 0.1) is 5.41 Å². The lowest BCUT2D eigenvalue weighted by Gasteiger charge is -2.33. The smallest absolute Gasteiger partial charge is 0.233 e. The first-order valence-corrected chi connectivity index (χ1v) is 7.92. The lowest BCUT2D eigenvalue weighted by molar-refractivity contribution is -0.136. The van der Waals surface area contributed by atoms with Gasteiger partial charge >= 0.3 is 0 Å². The van der Waals surface area contributed by atoms with Crippen LogP contribution in [0.4, 0.5) is 8.78 Å². The fourth-order valence-corrected chi connectivity index (χ4v) is 3.92. The average Bonchev–Trinajstić information content (AvgIpc) is 3.16. The van der Waals surface area contributed by atoms with E-state index < -0.39 is 17.0 Å². The van der Waals surface area contributed by atoms with Gasteiger partial charge in [-0.1, -0.05) is 18.9 Å². The van der Waals surface area contributed by atoms with Gasteiger partial charge in [-0.05, 0) is 25.3 Å². The molecule has 1 saturated carbocycles. The van der Waals surface area contributed by atoms with E-state index in [9.17, 15) is 18.7 Å². The van der Waals surface area contributed by atoms with E-state index in [2.05, 4.69) is 0 Å². The molecule has 120 valence electrons. The van der Waals surface area contributed by atoms with Crippen molar-refractivity contribution in [2.45, 2.75) is 37.5 Å². The molecule has 1 aromatic carbocycles. The van der Waals surface area contributed by atoms with E-state index in [1.165, 1.54) is 12.1 Å². The summed E-state index contributed by atoms with van der Waals surface area (Å²) in [5.41, 5.74) is -0.536. The van der Waals surface area contributed by atoms with Gasteiger partial charge in [-0.25, -0.2) is 8.78 Å². The van der Waals surface area contributed by atoms with Crippen LogP contribution >= 0.6 is 0 Å². The Balaban J connectivity index is 1.93. The average molecular weight is 309 g/mol. The van der Waals surface area contributed by atoms with Crippen LogP contribution in [0.5, 0.6) is 0 Å². The number of aliphatic hydroxyl groups is 1. The van der Waals surface area contributed by atoms with Crippen LogP contribution in [-0.2, 0) is 10.2 Å². The first-order valence-electron chi connectivity index (χ1n) is 7.92. The minimum Gasteiger partial charge on any atom is -0.396 e. The number of hydrogen-bond donors (Lipinski definition) is 1. The molecule has 2 aliphatic rings. The molecule has 1 amide bonds. The van der Waals surface area contributed by atoms with Gasteiger partial charge in [0.25, 0.3) is 0 Å². The number of halogens is 2. The van der Waals surface area contributed by atoms with Crippen molar-refractivity contribution in [3.8, 4) is 0 Å². The third kappa shape index (κ3) is 2.51. The zero-order chi connectivity index (χ0) is 15.7. The van der Waals surface area contributed by atoms with Crippen LogP contribution in [0.3, 0.4) is 0 Å². The zero-order valence-electron chi connectivity index (χ0n) is 12.5. The molecular formula is C17H21F2NO2. The van der Waals surface area contributed by atoms with Crippen LogP contribution in [0.2, 0.25) is 0 Å². The molecule has 1 aromatic rings. The van der Waals surface area contributed by atoms with Gasteiger partial charge in [0.2, 0.25) is 5.91 Å². The number of nitrogens with zero attached hydrogens (tertiary/aromatic N) is 1. The summed E-state index contributed by atoms with van der Waals surface area (Å²) in [5.74, 6) is -1.21. The second-order valence-corrected chi connectivity index (χ2v) is 6.50. The van der Waals surface area contributed by atoms with Crippen LogP contribution in [-0.4, -0.2) is 35.6 Å². The SMILES string of the molecule is O=C(N1CCC(CO)C1)C1(c2ccc(F)cc2F)CCCC1. The molecule has 1 aliphatic carbocycles. The van der Waals surface area contributed by atoms with Gasteiger partial charge in [-0.3, -0.25) is 4.79 Å². The second kappa shape index (κ2) is 5.95. The third-order valence-corrected chi connectivity index (χ3v) is 5.14. The summed E-state index contributed by atoms with van der Waals surface area (Å²) in [7, 11) is 0. The quantitative estimate of drug-likeness (QED) is 0.932. The van der Waals surface area contributed by atoms with Gasteiger partial charge in [-0.2, -0.15) is 0 Å². The number of aliphatic hydroxyl groups excluding tert-OH is 1. The Kier molecular flexibility index (Phi) is 4.17. The highest BCUT2D eigenvalue weighted by Gasteiger charge is 2.47. The van der Waals surface area contributed by atoms with Crippen molar-refractivity contribution in [2.24, 2.45) is 5.92 Å². The Bertz CT molecular complexity index is 570. The van der Waals surface area contributed by atoms with Crippen LogP contribution in [0, 0.1) is 17.6 Å². The second-order valence-electron chi connectivity index (χ2n) is 6.50. The molecule has 0 bridgehead atoms. The van der Waals surface area contributed by atoms with E-state index in [1.807, 2.05) is 0 Å². The summed E-state index contributed by atoms with van der Waals surface area (Å²) < 4.78 is 27.5. The van der Waals surface area contributed by atoms with Crippen LogP contribution < -0.4 is 0 Å². The molecule has 2 fully saturated rings. The molecule has 1 N–H and O–H groups in total. The molecule has 0 aromatic heterocycles. The summed E-state index contributed by atoms with van der Waals surface area (Å²) >= 11 is 0. The summed E-state index contributed by atoms with van der Waals surface area (Å²) in [4.78, 5) is 14.8. The van der Waals surface area contributed by atoms with Gasteiger partial charge < -0.3 is 10.0 Å². The maximum absolute atomic E-state index is 14.3. The standard InChI is InChI=1S/C17H21F2NO2/c18-13-3-4-14(15(19)9-13)17(6-1-2-7-17)16(22)20-8-5-12(10-20)11-21/h3-4,9,12,21H,1-2,5-8,10-11H2. The summed E-state index contributed by atoms with van der Waals surface area (Å²) in [5, 5.41) is 9.25. The molecule has 3 rings (SSSR count). The lowest BCUT2D eigenvalue weighted by atomic mass is 9.77. The fourth-order valence-electron chi connectivity index (χ4n) is 3.92. The molecule has 0 radical (unpaired) electrons. The third-order valence-electron chi connectivity index (χ3n) is 5.14. The largest absolute Gasteiger partial charge is 0.396 e. The molecule has 1 atom stereocenters. The zero-order valence-corrected chi connectivity index (χ0v) is 12.5. The minimum atomic E-state index is -0.859. The van der Waals surface area contributed by atoms with Crippen LogP contribution in [0.25, 0.3) is 0 Å². The first-order chi connectivity index (χ1) is 10.6. The summed E-state index contributed by atoms with van der Waals surface area (Å²) in [6.45, 7) is 1.20. The topological polar surface area (TPSA) is 40.5 Å². The van der Waals surface area contributed by atoms with Gasteiger partial charge in [-0.15, -0.1) is 0 Å². The number of carbonyl (C=O) groups is 1. The highest BCUT2D eigenvalue weighted by atomic mass is 19.1. The number of likely N-dealkylation sites (tertiary alicyclic amines) is 1. The van der Waals surface area contributed by atoms with E-state index >= 15 is 0 Å². The Labute approximate surface area is 128 Å². The number of hydrogen-bond acceptors (Lipinski definition) is 2. The van der Waals surface area contributed by atoms with E-state index in [4.69, 9.17) is 0 Å². The van der Waals surface area contributed by atoms with Crippen molar-refractivity contribution in [3.63, 3.8) is 0 Å². The maximum Gasteiger partial charge on any atom is 0.233 e. The predicted molar refractivity (Wildman–Crippen MR) is 78.3 cm³/mol. The molecule has 5 heteroatoms. The molecule has 3 nitrogen and oxygen atoms in total. The van der Waals surface area contributed by atoms with Crippen molar-refractivity contribution in [2.75, 3.05) is 19.7 Å². The van der Waals surface area contributed by atoms with Crippen molar-refractivity contribution < 1.29 is 18.7 Å². The number of rotatable bonds is 3. The highest BCUT2D eigenvalue weighted by Crippen LogP contribution is 2.44. The van der Waals surface area contributed by atoms with E-state index in [0.29, 0.717) is 31.5 Å². The molecule has 1 unspecified atom stereocenters. The molecule has 1 heterocycles. The van der Waals surface area contributed by atoms with Crippen LogP contribution in [0.1, 0.15) is 37.7 Å². The molecule has 22 heavy (non-hydrogen) atoms. The van der Waals surface area contributed by atoms with Gasteiger partial charge in [0.1, 0.15) is 11.6 Å². The van der Waals surface area contributed by atoms with Crippen molar-refractivity contribution in [3.05, 3.63) is 35.4 Å². The van der Waals surface area contributed by atoms with E-state index in [-0.39, 0.29) is 18.4 Å². The van der Waals surface area contributed by atoms with Crippen molar-refractivity contribution in [1.29, 1.82) is 0 Å². The Morgan fingerprint density at radius 1 is 1.32 bits per heavy atom. The minimum absolute atomic E-state index is 0.0635. The van der Waals surface area contributed by atoms with E-state index in [0.717, 1.165) is 25.3 Å². The predicted octanol–water partition coefficient (Wildman–Crippen LogP) is 2.62. The molecular weight excluding hydrogens is 288 g/mol. The Hall–Kier alpha value is -1.49. The number of carbonyl (C=O) groups excluding carboxylic acids is 1. The Morgan fingerprint density at radius 2 is 2.05 bits per heavy atom. The number of amides is 1. The number of benzene rings is 1. The van der Waals surface area contributed by atoms with Gasteiger partial charge in [0.15, 0.2) is 0 Å². The first kappa shape index (κ1) is 15.4. The van der Waals surface area contributed by atoms with Crippen LogP contribution in [0.15, 0.2) is 18.2 Å². The van der Waals surface area contributed by atoms with E-state index in [1.54, 1.807) is 4.90 Å². The fraction of sp³-hybridized carbons (Fsp3) is 0.588. The normalized spacial score (nSPS) is 24.0. The Morgan fingerprint density at radius 3 is 2.64 bits per heavy atom. The maximum atomic E-state index is 14.3. The van der Waals surface area contributed by atoms with Crippen molar-refractivity contribution in [1.82, 2.24) is 4.90 Å². The van der Waals surface area contributed by atoms with Gasteiger partial charge in [0, 0.05) is 37.2 Å².